The number of rotatable bonds is 4. The summed E-state index contributed by atoms with van der Waals surface area (Å²) in [6, 6.07) is 3.60. The second-order valence-electron chi connectivity index (χ2n) is 3.81. The van der Waals surface area contributed by atoms with Crippen molar-refractivity contribution in [1.29, 1.82) is 0 Å². The Morgan fingerprint density at radius 3 is 2.65 bits per heavy atom. The van der Waals surface area contributed by atoms with Gasteiger partial charge in [0.2, 0.25) is 0 Å². The van der Waals surface area contributed by atoms with E-state index in [4.69, 9.17) is 27.9 Å². The fraction of sp³-hybridized carbons (Fsp3) is 0.429. The van der Waals surface area contributed by atoms with Gasteiger partial charge < -0.3 is 4.74 Å². The summed E-state index contributed by atoms with van der Waals surface area (Å²) in [6.07, 6.45) is 0.788. The molecule has 0 heterocycles. The maximum absolute atomic E-state index is 6.13. The Hall–Kier alpha value is -0.840. The molecule has 1 unspecified atom stereocenters. The second kappa shape index (κ2) is 6.79. The molecule has 1 nitrogen and oxygen atoms in total. The molecule has 0 radical (unpaired) electrons. The summed E-state index contributed by atoms with van der Waals surface area (Å²) in [7, 11) is 0. The fourth-order valence-electron chi connectivity index (χ4n) is 1.70. The summed E-state index contributed by atoms with van der Waals surface area (Å²) in [6.45, 7) is 6.43. The van der Waals surface area contributed by atoms with Crippen LogP contribution in [-0.2, 0) is 6.42 Å². The van der Waals surface area contributed by atoms with Crippen molar-refractivity contribution >= 4 is 23.2 Å². The third kappa shape index (κ3) is 4.15. The average Bonchev–Trinajstić information content (AvgIpc) is 2.23. The molecule has 0 aliphatic heterocycles. The number of halogens is 2. The molecule has 92 valence electrons. The lowest BCUT2D eigenvalue weighted by Crippen LogP contribution is -2.02. The van der Waals surface area contributed by atoms with Crippen LogP contribution < -0.4 is 4.74 Å². The molecular weight excluding hydrogens is 255 g/mol. The minimum atomic E-state index is 0.258. The van der Waals surface area contributed by atoms with Crippen LogP contribution >= 0.6 is 23.2 Å². The smallest absolute Gasteiger partial charge is 0.141 e. The van der Waals surface area contributed by atoms with E-state index in [1.807, 2.05) is 19.9 Å². The molecule has 1 rings (SSSR count). The molecule has 1 aromatic carbocycles. The van der Waals surface area contributed by atoms with Gasteiger partial charge in [0.25, 0.3) is 0 Å². The molecular formula is C14H16Cl2O. The zero-order chi connectivity index (χ0) is 12.8. The van der Waals surface area contributed by atoms with Crippen molar-refractivity contribution < 1.29 is 4.74 Å². The molecule has 0 bridgehead atoms. The van der Waals surface area contributed by atoms with E-state index in [0.717, 1.165) is 17.7 Å². The lowest BCUT2D eigenvalue weighted by Gasteiger charge is -2.14. The summed E-state index contributed by atoms with van der Waals surface area (Å²) in [5.74, 6) is 7.01. The van der Waals surface area contributed by atoms with Crippen LogP contribution in [0.4, 0.5) is 0 Å². The molecule has 0 aliphatic rings. The van der Waals surface area contributed by atoms with E-state index < -0.39 is 0 Å². The Kier molecular flexibility index (Phi) is 5.68. The quantitative estimate of drug-likeness (QED) is 0.727. The highest BCUT2D eigenvalue weighted by Crippen LogP contribution is 2.33. The predicted molar refractivity (Wildman–Crippen MR) is 73.9 cm³/mol. The van der Waals surface area contributed by atoms with Gasteiger partial charge in [-0.05, 0) is 38.0 Å². The van der Waals surface area contributed by atoms with Gasteiger partial charge in [-0.15, -0.1) is 11.8 Å². The van der Waals surface area contributed by atoms with Crippen LogP contribution in [0.5, 0.6) is 5.75 Å². The zero-order valence-corrected chi connectivity index (χ0v) is 11.8. The second-order valence-corrected chi connectivity index (χ2v) is 4.65. The first-order valence-electron chi connectivity index (χ1n) is 5.61. The van der Waals surface area contributed by atoms with Gasteiger partial charge in [0, 0.05) is 10.9 Å². The molecule has 0 aliphatic carbocycles. The van der Waals surface area contributed by atoms with Crippen LogP contribution in [0.1, 0.15) is 26.3 Å². The highest BCUT2D eigenvalue weighted by atomic mass is 35.5. The summed E-state index contributed by atoms with van der Waals surface area (Å²) < 4.78 is 5.56. The van der Waals surface area contributed by atoms with Crippen molar-refractivity contribution in [3.8, 4) is 17.6 Å². The number of ether oxygens (including phenoxy) is 1. The molecule has 0 spiro atoms. The van der Waals surface area contributed by atoms with E-state index in [9.17, 15) is 0 Å². The largest absolute Gasteiger partial charge is 0.492 e. The van der Waals surface area contributed by atoms with Crippen molar-refractivity contribution in [2.75, 3.05) is 6.61 Å². The van der Waals surface area contributed by atoms with Crippen LogP contribution in [0.2, 0.25) is 10.0 Å². The van der Waals surface area contributed by atoms with Crippen molar-refractivity contribution in [2.24, 2.45) is 5.92 Å². The Labute approximate surface area is 113 Å². The van der Waals surface area contributed by atoms with Crippen molar-refractivity contribution in [3.05, 3.63) is 27.7 Å². The summed E-state index contributed by atoms with van der Waals surface area (Å²) in [5, 5.41) is 1.19. The number of benzene rings is 1. The summed E-state index contributed by atoms with van der Waals surface area (Å²) in [5.41, 5.74) is 1.01. The molecule has 0 saturated heterocycles. The topological polar surface area (TPSA) is 9.23 Å². The molecule has 17 heavy (non-hydrogen) atoms. The summed E-state index contributed by atoms with van der Waals surface area (Å²) >= 11 is 12.1. The average molecular weight is 271 g/mol. The first kappa shape index (κ1) is 14.2. The van der Waals surface area contributed by atoms with Gasteiger partial charge in [-0.3, -0.25) is 0 Å². The third-order valence-corrected chi connectivity index (χ3v) is 2.79. The Morgan fingerprint density at radius 2 is 2.06 bits per heavy atom. The molecule has 0 N–H and O–H groups in total. The van der Waals surface area contributed by atoms with Gasteiger partial charge in [-0.1, -0.05) is 30.1 Å². The van der Waals surface area contributed by atoms with Gasteiger partial charge >= 0.3 is 0 Å². The molecule has 1 atom stereocenters. The monoisotopic (exact) mass is 270 g/mol. The minimum absolute atomic E-state index is 0.258. The van der Waals surface area contributed by atoms with Crippen LogP contribution in [-0.4, -0.2) is 6.61 Å². The van der Waals surface area contributed by atoms with Crippen LogP contribution in [0, 0.1) is 17.8 Å². The highest BCUT2D eigenvalue weighted by Gasteiger charge is 2.12. The number of hydrogen-bond donors (Lipinski definition) is 0. The van der Waals surface area contributed by atoms with Gasteiger partial charge in [0.1, 0.15) is 5.75 Å². The van der Waals surface area contributed by atoms with Crippen LogP contribution in [0.3, 0.4) is 0 Å². The minimum Gasteiger partial charge on any atom is -0.492 e. The summed E-state index contributed by atoms with van der Waals surface area (Å²) in [4.78, 5) is 0. The molecule has 0 amide bonds. The van der Waals surface area contributed by atoms with Gasteiger partial charge in [0.05, 0.1) is 11.6 Å². The van der Waals surface area contributed by atoms with Gasteiger partial charge in [-0.2, -0.15) is 0 Å². The predicted octanol–water partition coefficient (Wildman–Crippen LogP) is 4.59. The first-order chi connectivity index (χ1) is 8.08. The van der Waals surface area contributed by atoms with E-state index in [1.54, 1.807) is 6.07 Å². The third-order valence-electron chi connectivity index (χ3n) is 2.29. The highest BCUT2D eigenvalue weighted by molar-refractivity contribution is 6.35. The zero-order valence-electron chi connectivity index (χ0n) is 10.3. The number of hydrogen-bond acceptors (Lipinski definition) is 1. The van der Waals surface area contributed by atoms with E-state index in [1.165, 1.54) is 0 Å². The molecule has 1 aromatic rings. The van der Waals surface area contributed by atoms with Gasteiger partial charge in [-0.25, -0.2) is 0 Å². The maximum atomic E-state index is 6.13. The van der Waals surface area contributed by atoms with Crippen molar-refractivity contribution in [2.45, 2.75) is 27.2 Å². The lowest BCUT2D eigenvalue weighted by atomic mass is 10.0. The van der Waals surface area contributed by atoms with Gasteiger partial charge in [0.15, 0.2) is 0 Å². The fourth-order valence-corrected chi connectivity index (χ4v) is 2.29. The van der Waals surface area contributed by atoms with E-state index in [-0.39, 0.29) is 5.92 Å². The van der Waals surface area contributed by atoms with E-state index in [2.05, 4.69) is 18.8 Å². The molecule has 0 fully saturated rings. The Morgan fingerprint density at radius 1 is 1.35 bits per heavy atom. The molecule has 0 aromatic heterocycles. The van der Waals surface area contributed by atoms with Crippen molar-refractivity contribution in [1.82, 2.24) is 0 Å². The Balaban J connectivity index is 3.05. The SMILES string of the molecule is CC#CC(C)Cc1cc(Cl)cc(Cl)c1OCC. The lowest BCUT2D eigenvalue weighted by molar-refractivity contribution is 0.336. The molecule has 0 saturated carbocycles. The standard InChI is InChI=1S/C14H16Cl2O/c1-4-6-10(3)7-11-8-12(15)9-13(16)14(11)17-5-2/h8-10H,5,7H2,1-3H3. The maximum Gasteiger partial charge on any atom is 0.141 e. The van der Waals surface area contributed by atoms with Crippen LogP contribution in [0.25, 0.3) is 0 Å². The van der Waals surface area contributed by atoms with E-state index >= 15 is 0 Å². The Bertz CT molecular complexity index is 444. The normalized spacial score (nSPS) is 11.6. The van der Waals surface area contributed by atoms with Crippen LogP contribution in [0.15, 0.2) is 12.1 Å². The van der Waals surface area contributed by atoms with Crippen molar-refractivity contribution in [3.63, 3.8) is 0 Å². The first-order valence-corrected chi connectivity index (χ1v) is 6.37. The molecule has 3 heteroatoms. The van der Waals surface area contributed by atoms with E-state index in [0.29, 0.717) is 16.7 Å².